The van der Waals surface area contributed by atoms with E-state index in [2.05, 4.69) is 16.0 Å². The zero-order valence-corrected chi connectivity index (χ0v) is 26.5. The number of alkyl halides is 3. The van der Waals surface area contributed by atoms with Gasteiger partial charge in [-0.05, 0) is 61.9 Å². The topological polar surface area (TPSA) is 171 Å². The number of carboxylic acid groups (broad SMARTS) is 1. The summed E-state index contributed by atoms with van der Waals surface area (Å²) in [6, 6.07) is 13.0. The van der Waals surface area contributed by atoms with Crippen LogP contribution in [0.5, 0.6) is 0 Å². The third kappa shape index (κ3) is 10.6. The highest BCUT2D eigenvalue weighted by atomic mass is 19.4. The quantitative estimate of drug-likeness (QED) is 0.249. The van der Waals surface area contributed by atoms with Crippen molar-refractivity contribution in [2.45, 2.75) is 77.3 Å². The fourth-order valence-electron chi connectivity index (χ4n) is 4.89. The second-order valence-electron chi connectivity index (χ2n) is 11.4. The highest BCUT2D eigenvalue weighted by Gasteiger charge is 2.40. The molecule has 1 heterocycles. The Morgan fingerprint density at radius 2 is 1.65 bits per heavy atom. The number of likely N-dealkylation sites (tertiary alicyclic amines) is 1. The van der Waals surface area contributed by atoms with Crippen molar-refractivity contribution >= 4 is 29.6 Å². The van der Waals surface area contributed by atoms with Gasteiger partial charge in [-0.3, -0.25) is 19.2 Å². The van der Waals surface area contributed by atoms with Crippen molar-refractivity contribution < 1.29 is 42.3 Å². The molecule has 6 N–H and O–H groups in total. The minimum atomic E-state index is -5.08. The third-order valence-corrected chi connectivity index (χ3v) is 7.62. The molecule has 0 bridgehead atoms. The number of nitrogens with zero attached hydrogens (tertiary/aromatic N) is 1. The lowest BCUT2D eigenvalue weighted by Crippen LogP contribution is -2.58. The lowest BCUT2D eigenvalue weighted by atomic mass is 9.96. The fraction of sp³-hybridized carbons (Fsp3) is 0.469. The summed E-state index contributed by atoms with van der Waals surface area (Å²) >= 11 is 0. The van der Waals surface area contributed by atoms with E-state index in [0.717, 1.165) is 22.3 Å². The van der Waals surface area contributed by atoms with Crippen molar-refractivity contribution in [3.8, 4) is 11.1 Å². The number of carbonyl (C=O) groups excluding carboxylic acids is 4. The molecule has 0 radical (unpaired) electrons. The number of aliphatic carboxylic acids is 1. The van der Waals surface area contributed by atoms with Crippen LogP contribution in [0.4, 0.5) is 13.2 Å². The zero-order chi connectivity index (χ0) is 34.8. The highest BCUT2D eigenvalue weighted by Crippen LogP contribution is 2.25. The second kappa shape index (κ2) is 16.7. The van der Waals surface area contributed by atoms with Crippen molar-refractivity contribution in [1.82, 2.24) is 20.9 Å². The molecule has 4 amide bonds. The molecule has 0 aliphatic carbocycles. The first-order valence-electron chi connectivity index (χ1n) is 14.8. The fourth-order valence-corrected chi connectivity index (χ4v) is 4.89. The van der Waals surface area contributed by atoms with Crippen LogP contribution in [0.15, 0.2) is 48.5 Å². The summed E-state index contributed by atoms with van der Waals surface area (Å²) in [4.78, 5) is 62.1. The van der Waals surface area contributed by atoms with Crippen molar-refractivity contribution in [3.05, 3.63) is 59.7 Å². The maximum absolute atomic E-state index is 13.5. The van der Waals surface area contributed by atoms with Crippen LogP contribution in [0.1, 0.15) is 44.7 Å². The first kappa shape index (κ1) is 37.7. The number of nitrogens with two attached hydrogens (primary N) is 1. The minimum Gasteiger partial charge on any atom is -0.475 e. The smallest absolute Gasteiger partial charge is 0.475 e. The molecule has 2 aromatic rings. The minimum absolute atomic E-state index is 0.172. The Balaban J connectivity index is 0.000000942. The summed E-state index contributed by atoms with van der Waals surface area (Å²) in [6.07, 6.45) is -3.74. The van der Waals surface area contributed by atoms with Crippen LogP contribution in [-0.2, 0) is 30.4 Å². The van der Waals surface area contributed by atoms with Gasteiger partial charge in [0.25, 0.3) is 0 Å². The summed E-state index contributed by atoms with van der Waals surface area (Å²) in [7, 11) is 1.67. The zero-order valence-electron chi connectivity index (χ0n) is 26.5. The van der Waals surface area contributed by atoms with Crippen molar-refractivity contribution in [1.29, 1.82) is 0 Å². The number of carboxylic acids is 1. The Labute approximate surface area is 266 Å². The van der Waals surface area contributed by atoms with E-state index in [1.54, 1.807) is 14.0 Å². The number of primary amides is 1. The van der Waals surface area contributed by atoms with Gasteiger partial charge in [0.2, 0.25) is 23.6 Å². The van der Waals surface area contributed by atoms with Crippen molar-refractivity contribution in [3.63, 3.8) is 0 Å². The first-order valence-corrected chi connectivity index (χ1v) is 14.8. The molecular weight excluding hydrogens is 607 g/mol. The number of amides is 4. The van der Waals surface area contributed by atoms with Crippen LogP contribution < -0.4 is 21.7 Å². The van der Waals surface area contributed by atoms with E-state index in [-0.39, 0.29) is 24.2 Å². The number of carbonyl (C=O) groups is 5. The Kier molecular flexibility index (Phi) is 13.7. The van der Waals surface area contributed by atoms with Gasteiger partial charge in [-0.1, -0.05) is 62.4 Å². The molecule has 1 saturated heterocycles. The molecule has 1 aliphatic rings. The van der Waals surface area contributed by atoms with Crippen LogP contribution in [0.3, 0.4) is 0 Å². The van der Waals surface area contributed by atoms with E-state index in [1.807, 2.05) is 69.3 Å². The third-order valence-electron chi connectivity index (χ3n) is 7.62. The highest BCUT2D eigenvalue weighted by molar-refractivity contribution is 5.95. The lowest BCUT2D eigenvalue weighted by Gasteiger charge is -2.31. The summed E-state index contributed by atoms with van der Waals surface area (Å²) in [5.74, 6) is -4.58. The lowest BCUT2D eigenvalue weighted by molar-refractivity contribution is -0.192. The number of hydrogen-bond donors (Lipinski definition) is 5. The van der Waals surface area contributed by atoms with Gasteiger partial charge in [0.05, 0.1) is 6.04 Å². The molecule has 4 atom stereocenters. The largest absolute Gasteiger partial charge is 0.490 e. The molecular formula is C32H42F3N5O6. The van der Waals surface area contributed by atoms with E-state index < -0.39 is 48.1 Å². The van der Waals surface area contributed by atoms with Gasteiger partial charge < -0.3 is 31.7 Å². The molecule has 2 aromatic carbocycles. The number of aryl methyl sites for hydroxylation is 1. The summed E-state index contributed by atoms with van der Waals surface area (Å²) in [5, 5.41) is 15.6. The summed E-state index contributed by atoms with van der Waals surface area (Å²) in [5.41, 5.74) is 9.80. The molecule has 252 valence electrons. The van der Waals surface area contributed by atoms with Gasteiger partial charge in [-0.2, -0.15) is 13.2 Å². The van der Waals surface area contributed by atoms with Gasteiger partial charge in [0.15, 0.2) is 0 Å². The predicted molar refractivity (Wildman–Crippen MR) is 165 cm³/mol. The van der Waals surface area contributed by atoms with Gasteiger partial charge >= 0.3 is 12.1 Å². The molecule has 3 rings (SSSR count). The number of halogens is 3. The molecule has 1 fully saturated rings. The summed E-state index contributed by atoms with van der Waals surface area (Å²) < 4.78 is 31.7. The average molecular weight is 650 g/mol. The van der Waals surface area contributed by atoms with Gasteiger partial charge in [-0.25, -0.2) is 4.79 Å². The predicted octanol–water partition coefficient (Wildman–Crippen LogP) is 2.55. The molecule has 0 aromatic heterocycles. The number of likely N-dealkylation sites (N-methyl/N-ethyl adjacent to an activating group) is 1. The SMILES string of the molecule is CN[C@@H](C)C(=O)N[C@H](C(=O)N1CCC[C@H]1C(=O)N[C@@H](Cc1cccc(-c2ccccc2C)c1)C(N)=O)C(C)C.O=C(O)C(F)(F)F. The molecule has 0 spiro atoms. The molecule has 0 unspecified atom stereocenters. The Morgan fingerprint density at radius 1 is 1.02 bits per heavy atom. The van der Waals surface area contributed by atoms with Crippen LogP contribution >= 0.6 is 0 Å². The van der Waals surface area contributed by atoms with E-state index in [0.29, 0.717) is 19.4 Å². The van der Waals surface area contributed by atoms with E-state index in [9.17, 15) is 32.3 Å². The maximum Gasteiger partial charge on any atom is 0.490 e. The average Bonchev–Trinajstić information content (AvgIpc) is 3.49. The second-order valence-corrected chi connectivity index (χ2v) is 11.4. The van der Waals surface area contributed by atoms with Gasteiger partial charge in [-0.15, -0.1) is 0 Å². The number of benzene rings is 2. The van der Waals surface area contributed by atoms with Crippen molar-refractivity contribution in [2.75, 3.05) is 13.6 Å². The van der Waals surface area contributed by atoms with Crippen molar-refractivity contribution in [2.24, 2.45) is 11.7 Å². The monoisotopic (exact) mass is 649 g/mol. The molecule has 1 aliphatic heterocycles. The van der Waals surface area contributed by atoms with E-state index in [1.165, 1.54) is 4.90 Å². The van der Waals surface area contributed by atoms with Crippen LogP contribution in [-0.4, -0.2) is 83.5 Å². The number of nitrogens with one attached hydrogen (secondary N) is 3. The Hall–Kier alpha value is -4.46. The molecule has 11 nitrogen and oxygen atoms in total. The van der Waals surface area contributed by atoms with E-state index >= 15 is 0 Å². The van der Waals surface area contributed by atoms with Gasteiger partial charge in [0, 0.05) is 13.0 Å². The maximum atomic E-state index is 13.5. The Bertz CT molecular complexity index is 1400. The standard InChI is InChI=1S/C30H41N5O4.C2HF3O2/c1-18(2)26(34-28(37)20(4)32-5)30(39)35-15-9-14-25(35)29(38)33-24(27(31)36)17-21-11-8-12-22(16-21)23-13-7-6-10-19(23)3;3-2(4,5)1(6)7/h6-8,10-13,16,18,20,24-26,32H,9,14-15,17H2,1-5H3,(H2,31,36)(H,33,38)(H,34,37);(H,6,7)/t20-,24-,25-,26-;/m0./s1. The number of hydrogen-bond acceptors (Lipinski definition) is 6. The number of rotatable bonds is 11. The first-order chi connectivity index (χ1) is 21.5. The normalized spacial score (nSPS) is 16.5. The van der Waals surface area contributed by atoms with E-state index in [4.69, 9.17) is 15.6 Å². The molecule has 46 heavy (non-hydrogen) atoms. The molecule has 14 heteroatoms. The van der Waals surface area contributed by atoms with Crippen LogP contribution in [0, 0.1) is 12.8 Å². The molecule has 0 saturated carbocycles. The van der Waals surface area contributed by atoms with Crippen LogP contribution in [0.25, 0.3) is 11.1 Å². The Morgan fingerprint density at radius 3 is 2.20 bits per heavy atom. The summed E-state index contributed by atoms with van der Waals surface area (Å²) in [6.45, 7) is 7.86. The van der Waals surface area contributed by atoms with Gasteiger partial charge in [0.1, 0.15) is 18.1 Å². The van der Waals surface area contributed by atoms with Crippen LogP contribution in [0.2, 0.25) is 0 Å².